The fourth-order valence-corrected chi connectivity index (χ4v) is 5.21. The Morgan fingerprint density at radius 3 is 1.81 bits per heavy atom. The molecule has 0 saturated carbocycles. The third-order valence-corrected chi connectivity index (χ3v) is 7.60. The van der Waals surface area contributed by atoms with Crippen molar-refractivity contribution in [3.63, 3.8) is 0 Å². The van der Waals surface area contributed by atoms with Crippen LogP contribution in [-0.4, -0.2) is 74.2 Å². The summed E-state index contributed by atoms with van der Waals surface area (Å²) in [6, 6.07) is 27.2. The summed E-state index contributed by atoms with van der Waals surface area (Å²) in [6.07, 6.45) is -4.84. The van der Waals surface area contributed by atoms with Crippen molar-refractivity contribution in [3.8, 4) is 0 Å². The van der Waals surface area contributed by atoms with Crippen LogP contribution in [0.5, 0.6) is 0 Å². The van der Waals surface area contributed by atoms with Gasteiger partial charge in [-0.2, -0.15) is 0 Å². The van der Waals surface area contributed by atoms with E-state index in [0.717, 1.165) is 16.7 Å². The Labute approximate surface area is 282 Å². The maximum absolute atomic E-state index is 12.8. The van der Waals surface area contributed by atoms with Crippen LogP contribution in [0, 0.1) is 0 Å². The van der Waals surface area contributed by atoms with E-state index in [4.69, 9.17) is 38.9 Å². The Bertz CT molecular complexity index is 1390. The molecule has 1 heterocycles. The molecular formula is C37H48N2O9. The number of methoxy groups -OCH3 is 1. The van der Waals surface area contributed by atoms with Gasteiger partial charge in [-0.15, -0.1) is 0 Å². The number of benzene rings is 3. The van der Waals surface area contributed by atoms with E-state index in [2.05, 4.69) is 5.32 Å². The molecule has 0 unspecified atom stereocenters. The third-order valence-electron chi connectivity index (χ3n) is 7.60. The van der Waals surface area contributed by atoms with Gasteiger partial charge in [0.1, 0.15) is 23.9 Å². The number of rotatable bonds is 15. The zero-order valence-corrected chi connectivity index (χ0v) is 28.3. The van der Waals surface area contributed by atoms with Gasteiger partial charge in [-0.1, -0.05) is 91.0 Å². The van der Waals surface area contributed by atoms with Crippen molar-refractivity contribution in [1.82, 2.24) is 5.32 Å². The molecule has 0 aromatic heterocycles. The highest BCUT2D eigenvalue weighted by molar-refractivity contribution is 5.82. The van der Waals surface area contributed by atoms with Crippen LogP contribution < -0.4 is 11.1 Å². The molecule has 1 aliphatic heterocycles. The molecule has 11 heteroatoms. The van der Waals surface area contributed by atoms with Gasteiger partial charge in [-0.3, -0.25) is 0 Å². The average Bonchev–Trinajstić information content (AvgIpc) is 3.07. The molecule has 0 radical (unpaired) electrons. The standard InChI is InChI=1S/C37H48N2O9/c1-25(31(34(40)42-5)39-36(41)48-37(2,3)4)46-35-30(38)33(45-23-28-19-13-8-14-20-28)32(44-22-27-17-11-7-12-18-27)29(47-35)24-43-21-26-15-9-6-10-16-26/h6-20,25,29-33,35H,21-24,38H2,1-5H3,(H,39,41)/t25-,29+,30+,31-,32+,33+,35-/m0/s1. The molecule has 3 N–H and O–H groups in total. The smallest absolute Gasteiger partial charge is 0.408 e. The maximum atomic E-state index is 12.8. The number of carbonyl (C=O) groups is 2. The Hall–Kier alpha value is -3.84. The number of esters is 1. The first-order chi connectivity index (χ1) is 23.0. The highest BCUT2D eigenvalue weighted by Gasteiger charge is 2.48. The normalized spacial score (nSPS) is 22.3. The molecule has 3 aromatic rings. The molecule has 260 valence electrons. The summed E-state index contributed by atoms with van der Waals surface area (Å²) in [7, 11) is 1.23. The summed E-state index contributed by atoms with van der Waals surface area (Å²) < 4.78 is 42.2. The molecule has 3 aromatic carbocycles. The third kappa shape index (κ3) is 11.4. The van der Waals surface area contributed by atoms with E-state index in [1.165, 1.54) is 7.11 Å². The Balaban J connectivity index is 1.58. The molecule has 11 nitrogen and oxygen atoms in total. The van der Waals surface area contributed by atoms with E-state index in [0.29, 0.717) is 6.61 Å². The summed E-state index contributed by atoms with van der Waals surface area (Å²) in [5, 5.41) is 2.56. The number of nitrogens with two attached hydrogens (primary N) is 1. The first-order valence-electron chi connectivity index (χ1n) is 16.1. The zero-order chi connectivity index (χ0) is 34.5. The summed E-state index contributed by atoms with van der Waals surface area (Å²) in [5.41, 5.74) is 8.98. The summed E-state index contributed by atoms with van der Waals surface area (Å²) in [4.78, 5) is 25.4. The number of nitrogens with one attached hydrogen (secondary N) is 1. The topological polar surface area (TPSA) is 137 Å². The molecule has 48 heavy (non-hydrogen) atoms. The molecule has 0 bridgehead atoms. The Morgan fingerprint density at radius 2 is 1.31 bits per heavy atom. The minimum absolute atomic E-state index is 0.136. The quantitative estimate of drug-likeness (QED) is 0.216. The second-order valence-electron chi connectivity index (χ2n) is 12.6. The van der Waals surface area contributed by atoms with E-state index in [-0.39, 0.29) is 19.8 Å². The lowest BCUT2D eigenvalue weighted by atomic mass is 9.96. The minimum Gasteiger partial charge on any atom is -0.467 e. The fraction of sp³-hybridized carbons (Fsp3) is 0.459. The monoisotopic (exact) mass is 664 g/mol. The van der Waals surface area contributed by atoms with Crippen molar-refractivity contribution in [2.45, 2.75) is 95.9 Å². The second kappa shape index (κ2) is 18.1. The van der Waals surface area contributed by atoms with E-state index < -0.39 is 60.5 Å². The van der Waals surface area contributed by atoms with Crippen LogP contribution >= 0.6 is 0 Å². The summed E-state index contributed by atoms with van der Waals surface area (Å²) in [6.45, 7) is 7.81. The summed E-state index contributed by atoms with van der Waals surface area (Å²) in [5.74, 6) is -0.721. The molecular weight excluding hydrogens is 616 g/mol. The van der Waals surface area contributed by atoms with Crippen LogP contribution in [0.3, 0.4) is 0 Å². The molecule has 0 aliphatic carbocycles. The second-order valence-corrected chi connectivity index (χ2v) is 12.6. The lowest BCUT2D eigenvalue weighted by Gasteiger charge is -2.45. The van der Waals surface area contributed by atoms with Gasteiger partial charge in [0, 0.05) is 0 Å². The minimum atomic E-state index is -1.22. The molecule has 7 atom stereocenters. The highest BCUT2D eigenvalue weighted by atomic mass is 16.7. The Kier molecular flexibility index (Phi) is 13.9. The predicted molar refractivity (Wildman–Crippen MR) is 178 cm³/mol. The number of hydrogen-bond donors (Lipinski definition) is 2. The first-order valence-corrected chi connectivity index (χ1v) is 16.1. The van der Waals surface area contributed by atoms with Crippen LogP contribution in [0.4, 0.5) is 4.79 Å². The maximum Gasteiger partial charge on any atom is 0.408 e. The van der Waals surface area contributed by atoms with Gasteiger partial charge < -0.3 is 44.2 Å². The lowest BCUT2D eigenvalue weighted by molar-refractivity contribution is -0.296. The predicted octanol–water partition coefficient (Wildman–Crippen LogP) is 4.90. The molecule has 1 saturated heterocycles. The van der Waals surface area contributed by atoms with E-state index >= 15 is 0 Å². The van der Waals surface area contributed by atoms with Crippen LogP contribution in [0.25, 0.3) is 0 Å². The van der Waals surface area contributed by atoms with Gasteiger partial charge in [0.2, 0.25) is 0 Å². The fourth-order valence-electron chi connectivity index (χ4n) is 5.21. The number of carbonyl (C=O) groups excluding carboxylic acids is 2. The van der Waals surface area contributed by atoms with Crippen LogP contribution in [-0.2, 0) is 57.8 Å². The van der Waals surface area contributed by atoms with Crippen molar-refractivity contribution < 1.29 is 42.7 Å². The number of amides is 1. The van der Waals surface area contributed by atoms with Crippen molar-refractivity contribution in [1.29, 1.82) is 0 Å². The highest BCUT2D eigenvalue weighted by Crippen LogP contribution is 2.29. The van der Waals surface area contributed by atoms with Crippen molar-refractivity contribution in [2.24, 2.45) is 5.73 Å². The first kappa shape index (κ1) is 37.0. The SMILES string of the molecule is COC(=O)[C@@H](NC(=O)OC(C)(C)C)[C@H](C)O[C@H]1O[C@H](COCc2ccccc2)[C@@H](OCc2ccccc2)[C@H](OCc2ccccc2)[C@H]1N. The molecule has 1 aliphatic rings. The summed E-state index contributed by atoms with van der Waals surface area (Å²) >= 11 is 0. The van der Waals surface area contributed by atoms with Gasteiger partial charge in [0.05, 0.1) is 45.7 Å². The van der Waals surface area contributed by atoms with Crippen LogP contribution in [0.1, 0.15) is 44.4 Å². The molecule has 1 fully saturated rings. The molecule has 1 amide bonds. The van der Waals surface area contributed by atoms with Crippen LogP contribution in [0.2, 0.25) is 0 Å². The van der Waals surface area contributed by atoms with Gasteiger partial charge in [0.15, 0.2) is 12.3 Å². The van der Waals surface area contributed by atoms with E-state index in [1.54, 1.807) is 27.7 Å². The van der Waals surface area contributed by atoms with Crippen molar-refractivity contribution in [2.75, 3.05) is 13.7 Å². The largest absolute Gasteiger partial charge is 0.467 e. The number of hydrogen-bond acceptors (Lipinski definition) is 10. The van der Waals surface area contributed by atoms with Crippen molar-refractivity contribution >= 4 is 12.1 Å². The van der Waals surface area contributed by atoms with Gasteiger partial charge >= 0.3 is 12.1 Å². The molecule has 4 rings (SSSR count). The lowest BCUT2D eigenvalue weighted by Crippen LogP contribution is -2.65. The van der Waals surface area contributed by atoms with E-state index in [1.807, 2.05) is 91.0 Å². The number of alkyl carbamates (subject to hydrolysis) is 1. The van der Waals surface area contributed by atoms with E-state index in [9.17, 15) is 9.59 Å². The average molecular weight is 665 g/mol. The van der Waals surface area contributed by atoms with Gasteiger partial charge in [0.25, 0.3) is 0 Å². The van der Waals surface area contributed by atoms with Gasteiger partial charge in [-0.05, 0) is 44.4 Å². The Morgan fingerprint density at radius 1 is 0.812 bits per heavy atom. The van der Waals surface area contributed by atoms with Gasteiger partial charge in [-0.25, -0.2) is 9.59 Å². The number of ether oxygens (including phenoxy) is 7. The zero-order valence-electron chi connectivity index (χ0n) is 28.3. The van der Waals surface area contributed by atoms with Crippen LogP contribution in [0.15, 0.2) is 91.0 Å². The molecule has 0 spiro atoms. The van der Waals surface area contributed by atoms with Crippen molar-refractivity contribution in [3.05, 3.63) is 108 Å².